The summed E-state index contributed by atoms with van der Waals surface area (Å²) in [5, 5.41) is 11.4. The van der Waals surface area contributed by atoms with Gasteiger partial charge >= 0.3 is 5.97 Å². The van der Waals surface area contributed by atoms with Crippen molar-refractivity contribution in [3.05, 3.63) is 16.1 Å². The van der Waals surface area contributed by atoms with Crippen LogP contribution in [-0.4, -0.2) is 81.1 Å². The van der Waals surface area contributed by atoms with Gasteiger partial charge in [-0.15, -0.1) is 0 Å². The van der Waals surface area contributed by atoms with Crippen molar-refractivity contribution in [3.8, 4) is 0 Å². The molecule has 0 radical (unpaired) electrons. The van der Waals surface area contributed by atoms with Crippen LogP contribution in [0.2, 0.25) is 0 Å². The number of hydrogen-bond acceptors (Lipinski definition) is 12. The van der Waals surface area contributed by atoms with Gasteiger partial charge in [-0.2, -0.15) is 18.4 Å². The van der Waals surface area contributed by atoms with E-state index in [-0.39, 0.29) is 31.6 Å². The highest BCUT2D eigenvalue weighted by molar-refractivity contribution is 7.87. The van der Waals surface area contributed by atoms with E-state index >= 15 is 0 Å². The maximum Gasteiger partial charge on any atom is 0.350 e. The SMILES string of the molecule is CCOC(=O)c1sc(Nc2nc3c(c(N4CCNC(=O)C4)n2)CCCN3CCNS(N)(=O)=O)nc1C. The number of fused-ring (bicyclic) bond motifs is 1. The molecule has 0 atom stereocenters. The van der Waals surface area contributed by atoms with Gasteiger partial charge in [-0.1, -0.05) is 11.3 Å². The van der Waals surface area contributed by atoms with Gasteiger partial charge in [0.2, 0.25) is 11.9 Å². The molecule has 0 saturated carbocycles. The van der Waals surface area contributed by atoms with Crippen molar-refractivity contribution in [2.75, 3.05) is 61.0 Å². The third kappa shape index (κ3) is 6.18. The fraction of sp³-hybridized carbons (Fsp3) is 0.550. The second-order valence-corrected chi connectivity index (χ2v) is 10.6. The number of anilines is 4. The number of carbonyl (C=O) groups is 2. The Morgan fingerprint density at radius 3 is 2.75 bits per heavy atom. The minimum Gasteiger partial charge on any atom is -0.462 e. The van der Waals surface area contributed by atoms with E-state index in [4.69, 9.17) is 19.8 Å². The zero-order valence-corrected chi connectivity index (χ0v) is 21.7. The van der Waals surface area contributed by atoms with Gasteiger partial charge in [-0.25, -0.2) is 19.6 Å². The monoisotopic (exact) mass is 539 g/mol. The van der Waals surface area contributed by atoms with E-state index < -0.39 is 16.2 Å². The van der Waals surface area contributed by atoms with Crippen LogP contribution in [0.1, 0.15) is 34.3 Å². The Morgan fingerprint density at radius 2 is 2.03 bits per heavy atom. The lowest BCUT2D eigenvalue weighted by atomic mass is 10.1. The molecule has 5 N–H and O–H groups in total. The minimum absolute atomic E-state index is 0.0947. The van der Waals surface area contributed by atoms with Crippen LogP contribution in [-0.2, 0) is 26.2 Å². The first-order valence-electron chi connectivity index (χ1n) is 11.5. The summed E-state index contributed by atoms with van der Waals surface area (Å²) in [6.07, 6.45) is 1.53. The smallest absolute Gasteiger partial charge is 0.350 e. The highest BCUT2D eigenvalue weighted by Gasteiger charge is 2.29. The van der Waals surface area contributed by atoms with Crippen LogP contribution >= 0.6 is 11.3 Å². The second kappa shape index (κ2) is 10.9. The number of piperazine rings is 1. The maximum atomic E-state index is 12.2. The number of ether oxygens (including phenoxy) is 1. The first-order valence-corrected chi connectivity index (χ1v) is 13.9. The Labute approximate surface area is 212 Å². The molecular formula is C20H29N9O5S2. The molecule has 0 aliphatic carbocycles. The van der Waals surface area contributed by atoms with Crippen molar-refractivity contribution in [3.63, 3.8) is 0 Å². The van der Waals surface area contributed by atoms with Crippen molar-refractivity contribution < 1.29 is 22.7 Å². The van der Waals surface area contributed by atoms with Crippen LogP contribution in [0.5, 0.6) is 0 Å². The summed E-state index contributed by atoms with van der Waals surface area (Å²) >= 11 is 1.14. The van der Waals surface area contributed by atoms with Gasteiger partial charge in [-0.05, 0) is 26.7 Å². The largest absolute Gasteiger partial charge is 0.462 e. The van der Waals surface area contributed by atoms with Gasteiger partial charge in [0.15, 0.2) is 5.13 Å². The van der Waals surface area contributed by atoms with Crippen molar-refractivity contribution in [2.45, 2.75) is 26.7 Å². The fourth-order valence-corrected chi connectivity index (χ4v) is 5.34. The molecule has 2 aromatic heterocycles. The van der Waals surface area contributed by atoms with Crippen molar-refractivity contribution in [1.29, 1.82) is 0 Å². The first-order chi connectivity index (χ1) is 17.1. The van der Waals surface area contributed by atoms with Crippen LogP contribution in [0.15, 0.2) is 0 Å². The van der Waals surface area contributed by atoms with Crippen LogP contribution in [0.3, 0.4) is 0 Å². The Balaban J connectivity index is 1.67. The number of amides is 1. The van der Waals surface area contributed by atoms with Crippen LogP contribution in [0.25, 0.3) is 0 Å². The Hall–Kier alpha value is -3.08. The summed E-state index contributed by atoms with van der Waals surface area (Å²) in [7, 11) is -3.81. The molecule has 1 amide bonds. The van der Waals surface area contributed by atoms with Crippen LogP contribution in [0.4, 0.5) is 22.7 Å². The van der Waals surface area contributed by atoms with Crippen LogP contribution in [0, 0.1) is 6.92 Å². The summed E-state index contributed by atoms with van der Waals surface area (Å²) < 4.78 is 30.0. The van der Waals surface area contributed by atoms with Crippen LogP contribution < -0.4 is 30.3 Å². The van der Waals surface area contributed by atoms with Gasteiger partial charge in [0.25, 0.3) is 10.2 Å². The van der Waals surface area contributed by atoms with E-state index in [0.29, 0.717) is 59.9 Å². The number of aryl methyl sites for hydroxylation is 1. The number of nitrogens with one attached hydrogen (secondary N) is 3. The van der Waals surface area contributed by atoms with Gasteiger partial charge in [0.1, 0.15) is 16.5 Å². The lowest BCUT2D eigenvalue weighted by Gasteiger charge is -2.35. The molecule has 2 aromatic rings. The molecule has 1 saturated heterocycles. The van der Waals surface area contributed by atoms with Gasteiger partial charge in [-0.3, -0.25) is 10.1 Å². The van der Waals surface area contributed by atoms with E-state index in [1.54, 1.807) is 13.8 Å². The third-order valence-electron chi connectivity index (χ3n) is 5.62. The molecule has 16 heteroatoms. The number of rotatable bonds is 9. The average Bonchev–Trinajstić information content (AvgIpc) is 3.18. The molecule has 0 bridgehead atoms. The number of aromatic nitrogens is 3. The normalized spacial score (nSPS) is 15.9. The molecule has 2 aliphatic heterocycles. The maximum absolute atomic E-state index is 12.2. The van der Waals surface area contributed by atoms with E-state index in [2.05, 4.69) is 20.3 Å². The fourth-order valence-electron chi connectivity index (χ4n) is 4.11. The van der Waals surface area contributed by atoms with E-state index in [1.165, 1.54) is 0 Å². The molecule has 0 spiro atoms. The Morgan fingerprint density at radius 1 is 1.25 bits per heavy atom. The van der Waals surface area contributed by atoms with Gasteiger partial charge < -0.3 is 19.9 Å². The number of thiazole rings is 1. The molecule has 1 fully saturated rings. The summed E-state index contributed by atoms with van der Waals surface area (Å²) in [4.78, 5) is 42.4. The highest BCUT2D eigenvalue weighted by Crippen LogP contribution is 2.35. The number of nitrogens with two attached hydrogens (primary N) is 1. The molecule has 14 nitrogen and oxygen atoms in total. The van der Waals surface area contributed by atoms with Gasteiger partial charge in [0, 0.05) is 38.3 Å². The minimum atomic E-state index is -3.81. The highest BCUT2D eigenvalue weighted by atomic mass is 32.2. The molecule has 4 rings (SSSR count). The predicted octanol–water partition coefficient (Wildman–Crippen LogP) is -0.356. The summed E-state index contributed by atoms with van der Waals surface area (Å²) in [5.74, 6) is 1.00. The number of esters is 1. The molecule has 36 heavy (non-hydrogen) atoms. The summed E-state index contributed by atoms with van der Waals surface area (Å²) in [6.45, 7) is 6.10. The summed E-state index contributed by atoms with van der Waals surface area (Å²) in [6, 6.07) is 0. The van der Waals surface area contributed by atoms with Gasteiger partial charge in [0.05, 0.1) is 18.8 Å². The number of hydrogen-bond donors (Lipinski definition) is 4. The number of carbonyl (C=O) groups excluding carboxylic acids is 2. The molecule has 2 aliphatic rings. The molecular weight excluding hydrogens is 510 g/mol. The summed E-state index contributed by atoms with van der Waals surface area (Å²) in [5.41, 5.74) is 1.42. The number of nitrogens with zero attached hydrogens (tertiary/aromatic N) is 5. The zero-order chi connectivity index (χ0) is 25.9. The Bertz CT molecular complexity index is 1250. The zero-order valence-electron chi connectivity index (χ0n) is 20.0. The van der Waals surface area contributed by atoms with E-state index in [1.807, 2.05) is 9.80 Å². The van der Waals surface area contributed by atoms with Crippen molar-refractivity contribution >= 4 is 56.1 Å². The van der Waals surface area contributed by atoms with Crippen molar-refractivity contribution in [2.24, 2.45) is 5.14 Å². The second-order valence-electron chi connectivity index (χ2n) is 8.25. The average molecular weight is 540 g/mol. The van der Waals surface area contributed by atoms with E-state index in [9.17, 15) is 18.0 Å². The third-order valence-corrected chi connectivity index (χ3v) is 7.28. The lowest BCUT2D eigenvalue weighted by molar-refractivity contribution is -0.120. The first kappa shape index (κ1) is 26.0. The van der Waals surface area contributed by atoms with E-state index in [0.717, 1.165) is 23.3 Å². The quantitative estimate of drug-likeness (QED) is 0.305. The standard InChI is InChI=1S/C20H29N9O5S2/c1-3-34-18(31)15-12(2)24-20(35-15)27-19-25-16-13(17(26-19)29-9-6-22-14(30)11-29)5-4-8-28(16)10-7-23-36(21,32)33/h23H,3-11H2,1-2H3,(H,22,30)(H2,21,32,33)(H,24,25,26,27). The molecule has 4 heterocycles. The Kier molecular flexibility index (Phi) is 7.87. The predicted molar refractivity (Wildman–Crippen MR) is 135 cm³/mol. The molecule has 0 unspecified atom stereocenters. The molecule has 0 aromatic carbocycles. The molecule has 196 valence electrons. The van der Waals surface area contributed by atoms with Crippen molar-refractivity contribution in [1.82, 2.24) is 25.0 Å². The topological polar surface area (TPSA) is 185 Å². The lowest BCUT2D eigenvalue weighted by Crippen LogP contribution is -2.48.